The molecular weight excluding hydrogens is 414 g/mol. The van der Waals surface area contributed by atoms with E-state index in [2.05, 4.69) is 0 Å². The molecule has 0 aliphatic rings. The lowest BCUT2D eigenvalue weighted by molar-refractivity contribution is 0.446. The molecule has 5 nitrogen and oxygen atoms in total. The van der Waals surface area contributed by atoms with Crippen molar-refractivity contribution < 1.29 is 20.1 Å². The summed E-state index contributed by atoms with van der Waals surface area (Å²) in [4.78, 5) is 1.82. The normalized spacial score (nSPS) is 10.8. The Balaban J connectivity index is 1.78. The molecule has 0 aliphatic heterocycles. The quantitative estimate of drug-likeness (QED) is 0.303. The van der Waals surface area contributed by atoms with Crippen LogP contribution in [-0.4, -0.2) is 15.3 Å². The van der Waals surface area contributed by atoms with E-state index < -0.39 is 0 Å². The summed E-state index contributed by atoms with van der Waals surface area (Å²) in [5.74, 6) is 1.70. The molecule has 0 radical (unpaired) electrons. The van der Waals surface area contributed by atoms with Gasteiger partial charge in [0.2, 0.25) is 0 Å². The number of aryl methyl sites for hydroxylation is 3. The van der Waals surface area contributed by atoms with Crippen LogP contribution in [0.25, 0.3) is 0 Å². The van der Waals surface area contributed by atoms with Crippen molar-refractivity contribution in [3.63, 3.8) is 0 Å². The van der Waals surface area contributed by atoms with Crippen molar-refractivity contribution in [3.05, 3.63) is 95.1 Å². The highest BCUT2D eigenvalue weighted by atomic mass is 16.5. The number of phenolic OH excluding ortho intramolecular Hbond substituents is 3. The van der Waals surface area contributed by atoms with Crippen LogP contribution in [0.3, 0.4) is 0 Å². The molecule has 0 heterocycles. The number of nitrogens with zero attached hydrogens (tertiary/aromatic N) is 1. The monoisotopic (exact) mass is 441 g/mol. The Morgan fingerprint density at radius 3 is 1.70 bits per heavy atom. The van der Waals surface area contributed by atoms with E-state index in [1.54, 1.807) is 6.07 Å². The Bertz CT molecular complexity index is 1260. The summed E-state index contributed by atoms with van der Waals surface area (Å²) in [5.41, 5.74) is 4.93. The molecule has 4 rings (SSSR count). The molecule has 0 unspecified atom stereocenters. The maximum Gasteiger partial charge on any atom is 0.142 e. The number of hydrogen-bond acceptors (Lipinski definition) is 5. The fraction of sp³-hybridized carbons (Fsp3) is 0.143. The zero-order valence-electron chi connectivity index (χ0n) is 19.1. The van der Waals surface area contributed by atoms with Crippen LogP contribution in [-0.2, 0) is 0 Å². The first kappa shape index (κ1) is 22.1. The molecule has 4 aromatic rings. The Morgan fingerprint density at radius 2 is 1.15 bits per heavy atom. The van der Waals surface area contributed by atoms with E-state index in [9.17, 15) is 15.3 Å². The summed E-state index contributed by atoms with van der Waals surface area (Å²) in [6.45, 7) is 7.42. The van der Waals surface area contributed by atoms with Gasteiger partial charge >= 0.3 is 0 Å². The number of aromatic hydroxyl groups is 3. The summed E-state index contributed by atoms with van der Waals surface area (Å²) in [5, 5.41) is 31.7. The average Bonchev–Trinajstić information content (AvgIpc) is 2.80. The van der Waals surface area contributed by atoms with Crippen LogP contribution in [0, 0.1) is 27.7 Å². The zero-order valence-corrected chi connectivity index (χ0v) is 19.1. The van der Waals surface area contributed by atoms with Crippen LogP contribution in [0.1, 0.15) is 22.3 Å². The van der Waals surface area contributed by atoms with Crippen molar-refractivity contribution in [2.75, 3.05) is 4.90 Å². The minimum absolute atomic E-state index is 0.143. The summed E-state index contributed by atoms with van der Waals surface area (Å²) >= 11 is 0. The van der Waals surface area contributed by atoms with Crippen molar-refractivity contribution in [1.29, 1.82) is 0 Å². The standard InChI is InChI=1S/C28H27NO4/c1-17-7-5-9-23(26(17)31)29(24-10-6-8-18(2)27(24)32)21-12-14-22(15-13-21)33-28-19(3)11-16-25(30)20(28)4/h5-16,30-32H,1-4H3. The molecule has 0 atom stereocenters. The van der Waals surface area contributed by atoms with Gasteiger partial charge in [0.15, 0.2) is 0 Å². The lowest BCUT2D eigenvalue weighted by atomic mass is 10.1. The Labute approximate surface area is 193 Å². The Kier molecular flexibility index (Phi) is 5.88. The van der Waals surface area contributed by atoms with Gasteiger partial charge in [0.25, 0.3) is 0 Å². The van der Waals surface area contributed by atoms with Crippen molar-refractivity contribution in [2.45, 2.75) is 27.7 Å². The first-order valence-corrected chi connectivity index (χ1v) is 10.7. The van der Waals surface area contributed by atoms with Crippen LogP contribution in [0.5, 0.6) is 28.7 Å². The second-order valence-corrected chi connectivity index (χ2v) is 8.17. The molecule has 0 fully saturated rings. The van der Waals surface area contributed by atoms with Crippen LogP contribution in [0.4, 0.5) is 17.1 Å². The number of rotatable bonds is 5. The van der Waals surface area contributed by atoms with E-state index in [4.69, 9.17) is 4.74 Å². The van der Waals surface area contributed by atoms with Gasteiger partial charge in [-0.2, -0.15) is 0 Å². The fourth-order valence-electron chi connectivity index (χ4n) is 3.81. The van der Waals surface area contributed by atoms with Crippen molar-refractivity contribution in [2.24, 2.45) is 0 Å². The number of phenols is 3. The number of benzene rings is 4. The average molecular weight is 442 g/mol. The summed E-state index contributed by atoms with van der Waals surface area (Å²) in [6.07, 6.45) is 0. The summed E-state index contributed by atoms with van der Waals surface area (Å²) < 4.78 is 6.08. The minimum atomic E-state index is 0.143. The van der Waals surface area contributed by atoms with Crippen molar-refractivity contribution >= 4 is 17.1 Å². The molecular formula is C28H27NO4. The topological polar surface area (TPSA) is 73.2 Å². The third-order valence-corrected chi connectivity index (χ3v) is 5.80. The first-order chi connectivity index (χ1) is 15.8. The molecule has 4 aromatic carbocycles. The molecule has 0 aliphatic carbocycles. The lowest BCUT2D eigenvalue weighted by Gasteiger charge is -2.28. The zero-order chi connectivity index (χ0) is 23.7. The third kappa shape index (κ3) is 4.17. The van der Waals surface area contributed by atoms with Gasteiger partial charge in [0, 0.05) is 11.3 Å². The van der Waals surface area contributed by atoms with Crippen LogP contribution >= 0.6 is 0 Å². The predicted octanol–water partition coefficient (Wildman–Crippen LogP) is 7.30. The van der Waals surface area contributed by atoms with Gasteiger partial charge in [-0.3, -0.25) is 0 Å². The smallest absolute Gasteiger partial charge is 0.142 e. The van der Waals surface area contributed by atoms with E-state index in [1.807, 2.05) is 99.3 Å². The van der Waals surface area contributed by atoms with E-state index in [1.165, 1.54) is 0 Å². The molecule has 0 amide bonds. The van der Waals surface area contributed by atoms with Gasteiger partial charge in [-0.05, 0) is 86.8 Å². The van der Waals surface area contributed by atoms with E-state index in [0.29, 0.717) is 28.4 Å². The minimum Gasteiger partial charge on any atom is -0.508 e. The number of para-hydroxylation sites is 2. The Hall–Kier alpha value is -4.12. The van der Waals surface area contributed by atoms with Gasteiger partial charge in [0.05, 0.1) is 11.4 Å². The molecule has 3 N–H and O–H groups in total. The van der Waals surface area contributed by atoms with Crippen LogP contribution in [0.2, 0.25) is 0 Å². The molecule has 0 saturated heterocycles. The van der Waals surface area contributed by atoms with Gasteiger partial charge in [0.1, 0.15) is 28.7 Å². The van der Waals surface area contributed by atoms with E-state index in [0.717, 1.165) is 22.4 Å². The van der Waals surface area contributed by atoms with Gasteiger partial charge in [-0.25, -0.2) is 0 Å². The summed E-state index contributed by atoms with van der Waals surface area (Å²) in [6, 6.07) is 21.9. The molecule has 5 heteroatoms. The molecule has 33 heavy (non-hydrogen) atoms. The highest BCUT2D eigenvalue weighted by Gasteiger charge is 2.21. The first-order valence-electron chi connectivity index (χ1n) is 10.7. The number of anilines is 3. The van der Waals surface area contributed by atoms with Gasteiger partial charge < -0.3 is 25.0 Å². The third-order valence-electron chi connectivity index (χ3n) is 5.80. The SMILES string of the molecule is Cc1cccc(N(c2ccc(Oc3c(C)ccc(O)c3C)cc2)c2cccc(C)c2O)c1O. The number of ether oxygens (including phenoxy) is 1. The molecule has 0 spiro atoms. The predicted molar refractivity (Wildman–Crippen MR) is 132 cm³/mol. The number of hydrogen-bond donors (Lipinski definition) is 3. The van der Waals surface area contributed by atoms with Gasteiger partial charge in [-0.15, -0.1) is 0 Å². The second kappa shape index (κ2) is 8.79. The van der Waals surface area contributed by atoms with Crippen molar-refractivity contribution in [1.82, 2.24) is 0 Å². The maximum absolute atomic E-state index is 10.8. The van der Waals surface area contributed by atoms with Crippen LogP contribution < -0.4 is 9.64 Å². The highest BCUT2D eigenvalue weighted by Crippen LogP contribution is 2.45. The van der Waals surface area contributed by atoms with Crippen LogP contribution in [0.15, 0.2) is 72.8 Å². The molecule has 0 saturated carbocycles. The second-order valence-electron chi connectivity index (χ2n) is 8.17. The lowest BCUT2D eigenvalue weighted by Crippen LogP contribution is -2.11. The molecule has 0 aromatic heterocycles. The summed E-state index contributed by atoms with van der Waals surface area (Å²) in [7, 11) is 0. The molecule has 168 valence electrons. The van der Waals surface area contributed by atoms with Gasteiger partial charge in [-0.1, -0.05) is 30.3 Å². The highest BCUT2D eigenvalue weighted by molar-refractivity contribution is 5.84. The van der Waals surface area contributed by atoms with Crippen molar-refractivity contribution in [3.8, 4) is 28.7 Å². The maximum atomic E-state index is 10.8. The fourth-order valence-corrected chi connectivity index (χ4v) is 3.81. The van der Waals surface area contributed by atoms with E-state index >= 15 is 0 Å². The van der Waals surface area contributed by atoms with E-state index in [-0.39, 0.29) is 17.2 Å². The molecule has 0 bridgehead atoms. The largest absolute Gasteiger partial charge is 0.508 e. The Morgan fingerprint density at radius 1 is 0.606 bits per heavy atom.